The molecule has 20 heavy (non-hydrogen) atoms. The van der Waals surface area contributed by atoms with Crippen LogP contribution in [0.25, 0.3) is 0 Å². The van der Waals surface area contributed by atoms with Crippen LogP contribution >= 0.6 is 0 Å². The van der Waals surface area contributed by atoms with E-state index in [9.17, 15) is 4.39 Å². The van der Waals surface area contributed by atoms with Gasteiger partial charge in [0.1, 0.15) is 11.9 Å². The topological polar surface area (TPSA) is 39.1 Å². The molecular formula is C16H20FN3. The van der Waals surface area contributed by atoms with Crippen molar-refractivity contribution < 1.29 is 4.39 Å². The Bertz CT molecular complexity index is 511. The molecule has 0 radical (unpaired) electrons. The highest BCUT2D eigenvalue weighted by Crippen LogP contribution is 2.29. The lowest BCUT2D eigenvalue weighted by atomic mass is 10.0. The van der Waals surface area contributed by atoms with Gasteiger partial charge in [0.05, 0.1) is 11.3 Å². The average molecular weight is 273 g/mol. The maximum atomic E-state index is 13.2. The fourth-order valence-electron chi connectivity index (χ4n) is 2.85. The van der Waals surface area contributed by atoms with E-state index in [-0.39, 0.29) is 5.82 Å². The minimum Gasteiger partial charge on any atom is -0.370 e. The Hall–Kier alpha value is -1.60. The fourth-order valence-corrected chi connectivity index (χ4v) is 2.85. The van der Waals surface area contributed by atoms with Crippen LogP contribution < -0.4 is 10.2 Å². The second-order valence-corrected chi connectivity index (χ2v) is 5.89. The third-order valence-corrected chi connectivity index (χ3v) is 4.31. The molecule has 0 spiro atoms. The molecule has 0 unspecified atom stereocenters. The fraction of sp³-hybridized carbons (Fsp3) is 0.562. The van der Waals surface area contributed by atoms with Gasteiger partial charge in [-0.25, -0.2) is 4.39 Å². The van der Waals surface area contributed by atoms with Gasteiger partial charge in [0.15, 0.2) is 0 Å². The molecule has 3 rings (SSSR count). The first-order chi connectivity index (χ1) is 9.76. The standard InChI is InChI=1S/C16H20FN3/c17-14-3-4-16(13(9-14)10-18)20-7-5-15(6-8-20)19-11-12-1-2-12/h3-4,9,12,15,19H,1-2,5-8,11H2. The molecule has 0 aromatic heterocycles. The maximum absolute atomic E-state index is 13.2. The largest absolute Gasteiger partial charge is 0.370 e. The predicted octanol–water partition coefficient (Wildman–Crippen LogP) is 2.67. The quantitative estimate of drug-likeness (QED) is 0.916. The summed E-state index contributed by atoms with van der Waals surface area (Å²) in [6, 6.07) is 7.18. The smallest absolute Gasteiger partial charge is 0.124 e. The van der Waals surface area contributed by atoms with Crippen LogP contribution in [0.5, 0.6) is 0 Å². The number of hydrogen-bond acceptors (Lipinski definition) is 3. The van der Waals surface area contributed by atoms with E-state index in [1.807, 2.05) is 0 Å². The van der Waals surface area contributed by atoms with Gasteiger partial charge in [-0.1, -0.05) is 0 Å². The molecule has 0 atom stereocenters. The first-order valence-corrected chi connectivity index (χ1v) is 7.44. The Morgan fingerprint density at radius 1 is 1.25 bits per heavy atom. The number of halogens is 1. The summed E-state index contributed by atoms with van der Waals surface area (Å²) in [5.74, 6) is 0.571. The second-order valence-electron chi connectivity index (χ2n) is 5.89. The van der Waals surface area contributed by atoms with E-state index in [0.29, 0.717) is 11.6 Å². The maximum Gasteiger partial charge on any atom is 0.124 e. The van der Waals surface area contributed by atoms with Crippen LogP contribution in [0.2, 0.25) is 0 Å². The molecule has 1 heterocycles. The van der Waals surface area contributed by atoms with Crippen LogP contribution in [0, 0.1) is 23.1 Å². The summed E-state index contributed by atoms with van der Waals surface area (Å²) in [5, 5.41) is 12.8. The van der Waals surface area contributed by atoms with Crippen LogP contribution in [-0.2, 0) is 0 Å². The average Bonchev–Trinajstić information content (AvgIpc) is 3.30. The van der Waals surface area contributed by atoms with Crippen molar-refractivity contribution in [2.45, 2.75) is 31.7 Å². The summed E-state index contributed by atoms with van der Waals surface area (Å²) in [6.45, 7) is 3.02. The summed E-state index contributed by atoms with van der Waals surface area (Å²) in [5.41, 5.74) is 1.31. The van der Waals surface area contributed by atoms with E-state index in [2.05, 4.69) is 16.3 Å². The van der Waals surface area contributed by atoms with E-state index in [0.717, 1.165) is 44.1 Å². The van der Waals surface area contributed by atoms with Crippen LogP contribution in [0.3, 0.4) is 0 Å². The molecule has 106 valence electrons. The van der Waals surface area contributed by atoms with Crippen molar-refractivity contribution in [1.82, 2.24) is 5.32 Å². The normalized spacial score (nSPS) is 19.9. The summed E-state index contributed by atoms with van der Waals surface area (Å²) in [6.07, 6.45) is 4.95. The second kappa shape index (κ2) is 5.80. The minimum absolute atomic E-state index is 0.341. The number of anilines is 1. The number of benzene rings is 1. The van der Waals surface area contributed by atoms with Gasteiger partial charge in [0, 0.05) is 19.1 Å². The van der Waals surface area contributed by atoms with Gasteiger partial charge in [-0.05, 0) is 56.3 Å². The number of nitrogens with one attached hydrogen (secondary N) is 1. The highest BCUT2D eigenvalue weighted by molar-refractivity contribution is 5.59. The van der Waals surface area contributed by atoms with Gasteiger partial charge in [-0.2, -0.15) is 5.26 Å². The lowest BCUT2D eigenvalue weighted by Crippen LogP contribution is -2.43. The highest BCUT2D eigenvalue weighted by atomic mass is 19.1. The monoisotopic (exact) mass is 273 g/mol. The molecule has 1 saturated carbocycles. The molecule has 0 bridgehead atoms. The lowest BCUT2D eigenvalue weighted by Gasteiger charge is -2.34. The van der Waals surface area contributed by atoms with E-state index in [4.69, 9.17) is 5.26 Å². The number of rotatable bonds is 4. The van der Waals surface area contributed by atoms with Crippen molar-refractivity contribution in [3.05, 3.63) is 29.6 Å². The highest BCUT2D eigenvalue weighted by Gasteiger charge is 2.25. The number of nitrogens with zero attached hydrogens (tertiary/aromatic N) is 2. The number of nitriles is 1. The van der Waals surface area contributed by atoms with E-state index >= 15 is 0 Å². The molecule has 1 aromatic carbocycles. The summed E-state index contributed by atoms with van der Waals surface area (Å²) >= 11 is 0. The van der Waals surface area contributed by atoms with Crippen LogP contribution in [0.15, 0.2) is 18.2 Å². The predicted molar refractivity (Wildman–Crippen MR) is 77.1 cm³/mol. The first-order valence-electron chi connectivity index (χ1n) is 7.44. The molecule has 1 aliphatic carbocycles. The van der Waals surface area contributed by atoms with Gasteiger partial charge in [0.25, 0.3) is 0 Å². The molecule has 3 nitrogen and oxygen atoms in total. The zero-order valence-corrected chi connectivity index (χ0v) is 11.6. The van der Waals surface area contributed by atoms with Gasteiger partial charge >= 0.3 is 0 Å². The molecule has 0 amide bonds. The zero-order valence-electron chi connectivity index (χ0n) is 11.6. The Balaban J connectivity index is 1.58. The van der Waals surface area contributed by atoms with Crippen molar-refractivity contribution in [3.8, 4) is 6.07 Å². The summed E-state index contributed by atoms with van der Waals surface area (Å²) in [4.78, 5) is 2.20. The van der Waals surface area contributed by atoms with Crippen molar-refractivity contribution >= 4 is 5.69 Å². The lowest BCUT2D eigenvalue weighted by molar-refractivity contribution is 0.408. The van der Waals surface area contributed by atoms with Crippen molar-refractivity contribution in [1.29, 1.82) is 5.26 Å². The Labute approximate surface area is 119 Å². The van der Waals surface area contributed by atoms with E-state index in [1.54, 1.807) is 6.07 Å². The summed E-state index contributed by atoms with van der Waals surface area (Å²) < 4.78 is 13.2. The molecule has 4 heteroatoms. The van der Waals surface area contributed by atoms with Crippen molar-refractivity contribution in [2.75, 3.05) is 24.5 Å². The third-order valence-electron chi connectivity index (χ3n) is 4.31. The van der Waals surface area contributed by atoms with E-state index in [1.165, 1.54) is 25.0 Å². The van der Waals surface area contributed by atoms with Crippen LogP contribution in [-0.4, -0.2) is 25.7 Å². The first kappa shape index (κ1) is 13.4. The van der Waals surface area contributed by atoms with Crippen molar-refractivity contribution in [2.24, 2.45) is 5.92 Å². The van der Waals surface area contributed by atoms with Gasteiger partial charge in [-0.15, -0.1) is 0 Å². The van der Waals surface area contributed by atoms with Crippen LogP contribution in [0.1, 0.15) is 31.2 Å². The number of hydrogen-bond donors (Lipinski definition) is 1. The summed E-state index contributed by atoms with van der Waals surface area (Å²) in [7, 11) is 0. The molecular weight excluding hydrogens is 253 g/mol. The van der Waals surface area contributed by atoms with E-state index < -0.39 is 0 Å². The minimum atomic E-state index is -0.341. The molecule has 2 fully saturated rings. The van der Waals surface area contributed by atoms with Crippen molar-refractivity contribution in [3.63, 3.8) is 0 Å². The number of piperidine rings is 1. The zero-order chi connectivity index (χ0) is 13.9. The molecule has 1 N–H and O–H groups in total. The van der Waals surface area contributed by atoms with Gasteiger partial charge in [-0.3, -0.25) is 0 Å². The Morgan fingerprint density at radius 3 is 2.65 bits per heavy atom. The Kier molecular flexibility index (Phi) is 3.88. The van der Waals surface area contributed by atoms with Gasteiger partial charge < -0.3 is 10.2 Å². The van der Waals surface area contributed by atoms with Crippen LogP contribution in [0.4, 0.5) is 10.1 Å². The SMILES string of the molecule is N#Cc1cc(F)ccc1N1CCC(NCC2CC2)CC1. The molecule has 1 saturated heterocycles. The Morgan fingerprint density at radius 2 is 2.00 bits per heavy atom. The third kappa shape index (κ3) is 3.10. The molecule has 2 aliphatic rings. The van der Waals surface area contributed by atoms with Gasteiger partial charge in [0.2, 0.25) is 0 Å². The molecule has 1 aromatic rings. The molecule has 1 aliphatic heterocycles.